The first-order chi connectivity index (χ1) is 2.41. The van der Waals surface area contributed by atoms with Gasteiger partial charge in [-0.2, -0.15) is 0 Å². The molecule has 0 aliphatic rings. The van der Waals surface area contributed by atoms with Crippen LogP contribution in [0.15, 0.2) is 0 Å². The fourth-order valence-electron chi connectivity index (χ4n) is 0. The van der Waals surface area contributed by atoms with Crippen LogP contribution in [-0.2, 0) is 0 Å². The van der Waals surface area contributed by atoms with Gasteiger partial charge in [-0.3, -0.25) is 0 Å². The average molecular weight is 61.1 g/mol. The van der Waals surface area contributed by atoms with Gasteiger partial charge >= 0.3 is 0 Å². The van der Waals surface area contributed by atoms with Crippen LogP contribution >= 0.6 is 0 Å². The summed E-state index contributed by atoms with van der Waals surface area (Å²) < 4.78 is 5.75. The van der Waals surface area contributed by atoms with E-state index in [0.29, 0.717) is 0 Å². The Balaban J connectivity index is 0. The van der Waals surface area contributed by atoms with Crippen LogP contribution in [0.2, 0.25) is 0 Å². The molecule has 0 nitrogen and oxygen atoms in total. The summed E-state index contributed by atoms with van der Waals surface area (Å²) in [5.74, 6) is 0. The summed E-state index contributed by atoms with van der Waals surface area (Å²) in [6.45, 7) is 4.25. The minimum Gasteiger partial charge on any atom is -0.0776 e. The highest BCUT2D eigenvalue weighted by molar-refractivity contribution is 3.92. The fraction of sp³-hybridized carbons (Fsp3) is 1.00. The van der Waals surface area contributed by atoms with Gasteiger partial charge in [-0.15, -0.1) is 0 Å². The number of rotatable bonds is 0. The molecule has 0 aromatic rings. The monoisotopic (exact) mass is 61.1 g/mol. The van der Waals surface area contributed by atoms with Gasteiger partial charge in [0.15, 0.2) is 0 Å². The second kappa shape index (κ2) is 12.0. The van der Waals surface area contributed by atoms with Gasteiger partial charge in [0.25, 0.3) is 0 Å². The van der Waals surface area contributed by atoms with E-state index in [1.165, 1.54) is 13.8 Å². The van der Waals surface area contributed by atoms with Gasteiger partial charge in [-0.05, 0) is 0 Å². The van der Waals surface area contributed by atoms with Crippen LogP contribution < -0.4 is 0 Å². The van der Waals surface area contributed by atoms with Gasteiger partial charge in [-0.25, -0.2) is 0 Å². The highest BCUT2D eigenvalue weighted by Gasteiger charge is 1.35. The molecular weight excluding hydrogens is 48.0 g/mol. The lowest BCUT2D eigenvalue weighted by Gasteiger charge is -1.48. The quantitative estimate of drug-likeness (QED) is 0.402. The summed E-state index contributed by atoms with van der Waals surface area (Å²) >= 11 is 0. The molecule has 0 radical (unpaired) electrons. The maximum Gasteiger partial charge on any atom is 0.0194 e. The molecule has 0 aromatic carbocycles. The van der Waals surface area contributed by atoms with E-state index in [2.05, 4.69) is 13.8 Å². The molecular formula is C4H12. The van der Waals surface area contributed by atoms with E-state index in [1.807, 2.05) is 0 Å². The first-order valence-corrected chi connectivity index (χ1v) is 1.41. The summed E-state index contributed by atoms with van der Waals surface area (Å²) in [5, 5.41) is 0. The van der Waals surface area contributed by atoms with Crippen LogP contribution in [-0.4, -0.2) is 0 Å². The summed E-state index contributed by atoms with van der Waals surface area (Å²) in [6.07, 6.45) is 1.25. The molecule has 0 rings (SSSR count). The van der Waals surface area contributed by atoms with E-state index in [0.717, 1.165) is 0 Å². The van der Waals surface area contributed by atoms with Crippen molar-refractivity contribution in [1.29, 1.82) is 0 Å². The van der Waals surface area contributed by atoms with Gasteiger partial charge in [0.05, 0.1) is 0 Å². The van der Waals surface area contributed by atoms with Gasteiger partial charge in [-0.1, -0.05) is 27.7 Å². The zero-order chi connectivity index (χ0) is 4.71. The van der Waals surface area contributed by atoms with E-state index in [1.54, 1.807) is 0 Å². The number of hydrogen-bond acceptors (Lipinski definition) is 0. The summed E-state index contributed by atoms with van der Waals surface area (Å²) in [6, 6.07) is 0. The molecule has 0 aromatic heterocycles. The molecule has 0 heteroatoms. The molecule has 0 aliphatic carbocycles. The minimum atomic E-state index is 1.25. The van der Waals surface area contributed by atoms with E-state index >= 15 is 0 Å². The Hall–Kier alpha value is 0. The van der Waals surface area contributed by atoms with Gasteiger partial charge < -0.3 is 0 Å². The molecule has 0 heterocycles. The summed E-state index contributed by atoms with van der Waals surface area (Å²) in [7, 11) is 1.25. The van der Waals surface area contributed by atoms with E-state index in [4.69, 9.17) is 1.37 Å². The van der Waals surface area contributed by atoms with Crippen molar-refractivity contribution in [2.24, 2.45) is 0 Å². The van der Waals surface area contributed by atoms with Gasteiger partial charge in [0, 0.05) is 1.37 Å². The van der Waals surface area contributed by atoms with Crippen LogP contribution in [0.25, 0.3) is 0 Å². The largest absolute Gasteiger partial charge is 0.0776 e. The predicted molar refractivity (Wildman–Crippen MR) is 22.7 cm³/mol. The Kier molecular flexibility index (Phi) is 12.0. The zero-order valence-corrected chi connectivity index (χ0v) is 3.71. The maximum absolute atomic E-state index is 5.75. The van der Waals surface area contributed by atoms with Crippen molar-refractivity contribution < 1.29 is 1.37 Å². The van der Waals surface area contributed by atoms with Crippen molar-refractivity contribution in [3.8, 4) is 0 Å². The molecule has 0 fully saturated rings. The molecule has 0 amide bonds. The lowest BCUT2D eigenvalue weighted by Crippen LogP contribution is -1.27. The first kappa shape index (κ1) is 4.00. The molecule has 4 heavy (non-hydrogen) atoms. The van der Waals surface area contributed by atoms with Crippen LogP contribution in [0.3, 0.4) is 0 Å². The normalized spacial score (nSPS) is 6.25. The molecule has 0 saturated heterocycles. The molecule has 0 bridgehead atoms. The second-order valence-corrected chi connectivity index (χ2v) is 0.707. The molecule has 0 saturated carbocycles. The van der Waals surface area contributed by atoms with Crippen LogP contribution in [0.5, 0.6) is 0 Å². The van der Waals surface area contributed by atoms with Crippen LogP contribution in [0.1, 0.15) is 29.0 Å². The topological polar surface area (TPSA) is 0 Å². The van der Waals surface area contributed by atoms with Crippen molar-refractivity contribution >= 4 is 0 Å². The SMILES string of the molecule is CCC.[2H]C. The Bertz CT molecular complexity index is 3.61. The van der Waals surface area contributed by atoms with E-state index < -0.39 is 0 Å². The highest BCUT2D eigenvalue weighted by Crippen LogP contribution is 1.56. The van der Waals surface area contributed by atoms with Crippen LogP contribution in [0.4, 0.5) is 0 Å². The molecule has 0 N–H and O–H groups in total. The third-order valence-corrected chi connectivity index (χ3v) is 0. The molecule has 0 unspecified atom stereocenters. The van der Waals surface area contributed by atoms with Crippen LogP contribution in [0, 0.1) is 0 Å². The maximum atomic E-state index is 5.75. The van der Waals surface area contributed by atoms with Crippen molar-refractivity contribution in [3.63, 3.8) is 0 Å². The molecule has 28 valence electrons. The molecule has 0 spiro atoms. The van der Waals surface area contributed by atoms with Gasteiger partial charge in [0.2, 0.25) is 0 Å². The summed E-state index contributed by atoms with van der Waals surface area (Å²) in [4.78, 5) is 0. The van der Waals surface area contributed by atoms with Gasteiger partial charge in [0.1, 0.15) is 0 Å². The lowest BCUT2D eigenvalue weighted by molar-refractivity contribution is 1.09. The van der Waals surface area contributed by atoms with Crippen molar-refractivity contribution in [1.82, 2.24) is 0 Å². The Morgan fingerprint density at radius 2 is 1.75 bits per heavy atom. The third kappa shape index (κ3) is 0. The first-order valence-electron chi connectivity index (χ1n) is 2.41. The standard InChI is InChI=1S/C3H8.CH4/c1-3-2;/h3H2,1-2H3;1H4/i;1D. The van der Waals surface area contributed by atoms with E-state index in [-0.39, 0.29) is 0 Å². The Morgan fingerprint density at radius 3 is 1.75 bits per heavy atom. The smallest absolute Gasteiger partial charge is 0.0194 e. The lowest BCUT2D eigenvalue weighted by atomic mass is 10.6. The minimum absolute atomic E-state index is 1.25. The molecule has 0 atom stereocenters. The second-order valence-electron chi connectivity index (χ2n) is 0.707. The predicted octanol–water partition coefficient (Wildman–Crippen LogP) is 2.05. The Morgan fingerprint density at radius 1 is 1.75 bits per heavy atom. The van der Waals surface area contributed by atoms with Crippen molar-refractivity contribution in [2.45, 2.75) is 27.7 Å². The number of hydrogen-bond donors (Lipinski definition) is 0. The highest BCUT2D eigenvalue weighted by atomic mass is 13.4. The zero-order valence-electron chi connectivity index (χ0n) is 4.71. The Labute approximate surface area is 30.2 Å². The third-order valence-electron chi connectivity index (χ3n) is 0. The van der Waals surface area contributed by atoms with Crippen molar-refractivity contribution in [3.05, 3.63) is 0 Å². The van der Waals surface area contributed by atoms with Crippen molar-refractivity contribution in [2.75, 3.05) is 0 Å². The fourth-order valence-corrected chi connectivity index (χ4v) is 0. The summed E-state index contributed by atoms with van der Waals surface area (Å²) in [5.41, 5.74) is 0. The average Bonchev–Trinajstić information content (AvgIpc) is 1.46. The molecule has 0 aliphatic heterocycles. The van der Waals surface area contributed by atoms with E-state index in [9.17, 15) is 0 Å².